The second kappa shape index (κ2) is 5.62. The van der Waals surface area contributed by atoms with Gasteiger partial charge in [0.25, 0.3) is 0 Å². The van der Waals surface area contributed by atoms with Crippen LogP contribution in [0.2, 0.25) is 0 Å². The molecule has 0 radical (unpaired) electrons. The number of hydrogen-bond acceptors (Lipinski definition) is 5. The fourth-order valence-electron chi connectivity index (χ4n) is 1.86. The zero-order chi connectivity index (χ0) is 12.3. The molecule has 0 spiro atoms. The molecular weight excluding hydrogens is 223 g/mol. The van der Waals surface area contributed by atoms with Crippen LogP contribution in [-0.4, -0.2) is 54.0 Å². The largest absolute Gasteiger partial charge is 0.494 e. The van der Waals surface area contributed by atoms with Gasteiger partial charge >= 0.3 is 7.12 Å². The highest BCUT2D eigenvalue weighted by atomic mass is 16.7. The van der Waals surface area contributed by atoms with Gasteiger partial charge in [0.05, 0.1) is 25.4 Å². The molecule has 1 aliphatic rings. The van der Waals surface area contributed by atoms with E-state index in [0.29, 0.717) is 0 Å². The van der Waals surface area contributed by atoms with Gasteiger partial charge in [-0.15, -0.1) is 0 Å². The molecule has 3 N–H and O–H groups in total. The van der Waals surface area contributed by atoms with E-state index >= 15 is 0 Å². The molecule has 92 valence electrons. The minimum atomic E-state index is -1.05. The molecule has 1 aromatic carbocycles. The molecular formula is C11H15BO5. The van der Waals surface area contributed by atoms with Crippen molar-refractivity contribution in [3.05, 3.63) is 30.3 Å². The predicted octanol–water partition coefficient (Wildman–Crippen LogP) is -1.49. The monoisotopic (exact) mass is 238 g/mol. The van der Waals surface area contributed by atoms with Crippen LogP contribution in [0.3, 0.4) is 0 Å². The average Bonchev–Trinajstić information content (AvgIpc) is 2.83. The van der Waals surface area contributed by atoms with Crippen LogP contribution in [0.5, 0.6) is 0 Å². The molecule has 2 rings (SSSR count). The van der Waals surface area contributed by atoms with Gasteiger partial charge < -0.3 is 24.6 Å². The van der Waals surface area contributed by atoms with Crippen molar-refractivity contribution in [3.8, 4) is 0 Å². The molecule has 0 aromatic heterocycles. The number of aliphatic hydroxyl groups is 3. The number of aliphatic hydroxyl groups excluding tert-OH is 3. The first-order valence-electron chi connectivity index (χ1n) is 5.52. The molecule has 1 aliphatic heterocycles. The van der Waals surface area contributed by atoms with E-state index in [1.165, 1.54) is 0 Å². The lowest BCUT2D eigenvalue weighted by Crippen LogP contribution is -2.39. The van der Waals surface area contributed by atoms with Gasteiger partial charge in [0, 0.05) is 0 Å². The maximum absolute atomic E-state index is 9.56. The summed E-state index contributed by atoms with van der Waals surface area (Å²) in [6.45, 7) is -0.683. The van der Waals surface area contributed by atoms with E-state index in [2.05, 4.69) is 0 Å². The highest BCUT2D eigenvalue weighted by Crippen LogP contribution is 2.19. The van der Waals surface area contributed by atoms with Crippen molar-refractivity contribution in [1.82, 2.24) is 0 Å². The average molecular weight is 238 g/mol. The molecule has 0 aliphatic carbocycles. The highest BCUT2D eigenvalue weighted by molar-refractivity contribution is 6.61. The van der Waals surface area contributed by atoms with Gasteiger partial charge in [-0.25, -0.2) is 0 Å². The summed E-state index contributed by atoms with van der Waals surface area (Å²) in [5, 5.41) is 27.6. The van der Waals surface area contributed by atoms with Crippen molar-refractivity contribution in [1.29, 1.82) is 0 Å². The van der Waals surface area contributed by atoms with Crippen molar-refractivity contribution >= 4 is 12.6 Å². The lowest BCUT2D eigenvalue weighted by Gasteiger charge is -2.20. The molecule has 3 atom stereocenters. The van der Waals surface area contributed by atoms with Crippen molar-refractivity contribution in [3.63, 3.8) is 0 Å². The van der Waals surface area contributed by atoms with Crippen LogP contribution < -0.4 is 5.46 Å². The fraction of sp³-hybridized carbons (Fsp3) is 0.455. The lowest BCUT2D eigenvalue weighted by molar-refractivity contribution is -0.0266. The van der Waals surface area contributed by atoms with Gasteiger partial charge in [0.1, 0.15) is 6.10 Å². The Balaban J connectivity index is 2.09. The number of benzene rings is 1. The van der Waals surface area contributed by atoms with Crippen LogP contribution in [0.15, 0.2) is 30.3 Å². The van der Waals surface area contributed by atoms with Crippen LogP contribution >= 0.6 is 0 Å². The fourth-order valence-corrected chi connectivity index (χ4v) is 1.86. The SMILES string of the molecule is OCC(O)C1OB(c2ccccc2)OC1CO. The first kappa shape index (κ1) is 12.5. The quantitative estimate of drug-likeness (QED) is 0.557. The molecule has 1 heterocycles. The first-order valence-corrected chi connectivity index (χ1v) is 5.52. The standard InChI is InChI=1S/C11H15BO5/c13-6-9(15)11-10(7-14)16-12(17-11)8-4-2-1-3-5-8/h1-5,9-11,13-15H,6-7H2. The van der Waals surface area contributed by atoms with E-state index in [1.807, 2.05) is 30.3 Å². The summed E-state index contributed by atoms with van der Waals surface area (Å²) in [7, 11) is -0.612. The van der Waals surface area contributed by atoms with Crippen molar-refractivity contribution < 1.29 is 24.6 Å². The third-order valence-electron chi connectivity index (χ3n) is 2.76. The summed E-state index contributed by atoms with van der Waals surface area (Å²) in [4.78, 5) is 0. The molecule has 1 saturated heterocycles. The Morgan fingerprint density at radius 1 is 1.18 bits per heavy atom. The molecule has 5 nitrogen and oxygen atoms in total. The van der Waals surface area contributed by atoms with Crippen LogP contribution in [0.1, 0.15) is 0 Å². The minimum absolute atomic E-state index is 0.259. The second-order valence-electron chi connectivity index (χ2n) is 3.95. The van der Waals surface area contributed by atoms with E-state index < -0.39 is 32.0 Å². The van der Waals surface area contributed by atoms with Gasteiger partial charge in [-0.1, -0.05) is 30.3 Å². The summed E-state index contributed by atoms with van der Waals surface area (Å²) in [6, 6.07) is 9.26. The Bertz CT molecular complexity index is 347. The first-order chi connectivity index (χ1) is 8.26. The molecule has 0 amide bonds. The molecule has 0 bridgehead atoms. The zero-order valence-corrected chi connectivity index (χ0v) is 9.27. The van der Waals surface area contributed by atoms with Crippen molar-refractivity contribution in [2.24, 2.45) is 0 Å². The predicted molar refractivity (Wildman–Crippen MR) is 61.8 cm³/mol. The van der Waals surface area contributed by atoms with E-state index in [1.54, 1.807) is 0 Å². The third-order valence-corrected chi connectivity index (χ3v) is 2.76. The maximum atomic E-state index is 9.56. The van der Waals surface area contributed by atoms with E-state index in [-0.39, 0.29) is 6.61 Å². The molecule has 17 heavy (non-hydrogen) atoms. The molecule has 0 saturated carbocycles. The molecule has 3 unspecified atom stereocenters. The number of rotatable bonds is 4. The summed E-state index contributed by atoms with van der Waals surface area (Å²) in [5.41, 5.74) is 0.818. The highest BCUT2D eigenvalue weighted by Gasteiger charge is 2.43. The molecule has 6 heteroatoms. The topological polar surface area (TPSA) is 79.2 Å². The Morgan fingerprint density at radius 2 is 1.88 bits per heavy atom. The van der Waals surface area contributed by atoms with Crippen LogP contribution in [0, 0.1) is 0 Å². The van der Waals surface area contributed by atoms with Crippen LogP contribution in [0.25, 0.3) is 0 Å². The van der Waals surface area contributed by atoms with Crippen LogP contribution in [-0.2, 0) is 9.31 Å². The van der Waals surface area contributed by atoms with Crippen LogP contribution in [0.4, 0.5) is 0 Å². The van der Waals surface area contributed by atoms with Gasteiger partial charge in [0.15, 0.2) is 0 Å². The van der Waals surface area contributed by atoms with Gasteiger partial charge in [-0.3, -0.25) is 0 Å². The Kier molecular flexibility index (Phi) is 4.14. The molecule has 1 aromatic rings. The summed E-state index contributed by atoms with van der Waals surface area (Å²) in [5.74, 6) is 0. The van der Waals surface area contributed by atoms with Crippen molar-refractivity contribution in [2.75, 3.05) is 13.2 Å². The third kappa shape index (κ3) is 2.67. The summed E-state index contributed by atoms with van der Waals surface area (Å²) < 4.78 is 11.0. The van der Waals surface area contributed by atoms with Gasteiger partial charge in [-0.2, -0.15) is 0 Å². The minimum Gasteiger partial charge on any atom is -0.399 e. The van der Waals surface area contributed by atoms with E-state index in [9.17, 15) is 5.11 Å². The Hall–Kier alpha value is -0.915. The lowest BCUT2D eigenvalue weighted by atomic mass is 9.79. The Morgan fingerprint density at radius 3 is 2.47 bits per heavy atom. The summed E-state index contributed by atoms with van der Waals surface area (Å²) >= 11 is 0. The summed E-state index contributed by atoms with van der Waals surface area (Å²) in [6.07, 6.45) is -2.39. The normalized spacial score (nSPS) is 26.2. The zero-order valence-electron chi connectivity index (χ0n) is 9.27. The smallest absolute Gasteiger partial charge is 0.399 e. The molecule has 1 fully saturated rings. The number of hydrogen-bond donors (Lipinski definition) is 3. The van der Waals surface area contributed by atoms with E-state index in [4.69, 9.17) is 19.5 Å². The van der Waals surface area contributed by atoms with Gasteiger partial charge in [0.2, 0.25) is 0 Å². The maximum Gasteiger partial charge on any atom is 0.494 e. The van der Waals surface area contributed by atoms with Crippen molar-refractivity contribution in [2.45, 2.75) is 18.3 Å². The van der Waals surface area contributed by atoms with Gasteiger partial charge in [-0.05, 0) is 5.46 Å². The van der Waals surface area contributed by atoms with E-state index in [0.717, 1.165) is 5.46 Å². The Labute approximate surface area is 99.8 Å². The second-order valence-corrected chi connectivity index (χ2v) is 3.95.